The first-order chi connectivity index (χ1) is 8.07. The van der Waals surface area contributed by atoms with Crippen molar-refractivity contribution in [2.75, 3.05) is 13.7 Å². The van der Waals surface area contributed by atoms with Crippen LogP contribution in [0.5, 0.6) is 0 Å². The zero-order chi connectivity index (χ0) is 12.6. The summed E-state index contributed by atoms with van der Waals surface area (Å²) in [6, 6.07) is 0. The van der Waals surface area contributed by atoms with Gasteiger partial charge in [-0.3, -0.25) is 4.79 Å². The van der Waals surface area contributed by atoms with Crippen LogP contribution in [0, 0.1) is 6.92 Å². The molecule has 0 saturated heterocycles. The Balaban J connectivity index is 2.78. The summed E-state index contributed by atoms with van der Waals surface area (Å²) in [7, 11) is 1.26. The smallest absolute Gasteiger partial charge is 0.343 e. The molecule has 2 rings (SSSR count). The highest BCUT2D eigenvalue weighted by Gasteiger charge is 2.25. The highest BCUT2D eigenvalue weighted by molar-refractivity contribution is 9.10. The first kappa shape index (κ1) is 12.3. The second-order valence-electron chi connectivity index (χ2n) is 3.75. The minimum Gasteiger partial charge on any atom is -0.465 e. The van der Waals surface area contributed by atoms with Crippen molar-refractivity contribution in [3.8, 4) is 0 Å². The minimum atomic E-state index is -0.620. The summed E-state index contributed by atoms with van der Waals surface area (Å²) in [5.74, 6) is -0.620. The molecule has 92 valence electrons. The molecule has 0 spiro atoms. The van der Waals surface area contributed by atoms with Gasteiger partial charge in [-0.2, -0.15) is 0 Å². The van der Waals surface area contributed by atoms with E-state index in [-0.39, 0.29) is 17.6 Å². The van der Waals surface area contributed by atoms with Gasteiger partial charge in [-0.05, 0) is 22.9 Å². The Morgan fingerprint density at radius 2 is 2.24 bits per heavy atom. The molecule has 1 aliphatic rings. The van der Waals surface area contributed by atoms with E-state index in [0.29, 0.717) is 23.3 Å². The molecule has 0 bridgehead atoms. The van der Waals surface area contributed by atoms with Crippen LogP contribution in [0.15, 0.2) is 9.27 Å². The third kappa shape index (κ3) is 1.91. The molecule has 0 fully saturated rings. The highest BCUT2D eigenvalue weighted by Crippen LogP contribution is 2.21. The van der Waals surface area contributed by atoms with Crippen LogP contribution in [0.3, 0.4) is 0 Å². The molecule has 5 nitrogen and oxygen atoms in total. The highest BCUT2D eigenvalue weighted by atomic mass is 79.9. The molecule has 0 atom stereocenters. The average Bonchev–Trinajstić information content (AvgIpc) is 2.36. The van der Waals surface area contributed by atoms with Crippen molar-refractivity contribution < 1.29 is 14.3 Å². The lowest BCUT2D eigenvalue weighted by atomic mass is 10.1. The summed E-state index contributed by atoms with van der Waals surface area (Å²) in [5.41, 5.74) is 1.12. The second-order valence-corrected chi connectivity index (χ2v) is 4.54. The summed E-state index contributed by atoms with van der Waals surface area (Å²) in [4.78, 5) is 23.7. The first-order valence-corrected chi connectivity index (χ1v) is 5.95. The third-order valence-electron chi connectivity index (χ3n) is 2.85. The fourth-order valence-corrected chi connectivity index (χ4v) is 2.36. The number of rotatable bonds is 1. The summed E-state index contributed by atoms with van der Waals surface area (Å²) >= 11 is 3.22. The van der Waals surface area contributed by atoms with Crippen molar-refractivity contribution >= 4 is 21.9 Å². The Labute approximate surface area is 106 Å². The van der Waals surface area contributed by atoms with Gasteiger partial charge in [0.25, 0.3) is 0 Å². The number of carbonyl (C=O) groups excluding carboxylic acids is 1. The number of esters is 1. The van der Waals surface area contributed by atoms with Gasteiger partial charge in [0.2, 0.25) is 5.43 Å². The maximum atomic E-state index is 12.0. The molecular formula is C11H12BrNO4. The lowest BCUT2D eigenvalue weighted by molar-refractivity contribution is 0.0564. The Morgan fingerprint density at radius 3 is 2.88 bits per heavy atom. The van der Waals surface area contributed by atoms with Gasteiger partial charge in [0.05, 0.1) is 30.5 Å². The molecule has 1 aliphatic heterocycles. The third-order valence-corrected chi connectivity index (χ3v) is 3.78. The molecule has 0 unspecified atom stereocenters. The number of aromatic nitrogens is 1. The summed E-state index contributed by atoms with van der Waals surface area (Å²) in [6.45, 7) is 3.29. The van der Waals surface area contributed by atoms with Gasteiger partial charge >= 0.3 is 5.97 Å². The molecule has 0 N–H and O–H groups in total. The lowest BCUT2D eigenvalue weighted by Crippen LogP contribution is -2.31. The van der Waals surface area contributed by atoms with Gasteiger partial charge in [0, 0.05) is 12.2 Å². The van der Waals surface area contributed by atoms with E-state index < -0.39 is 5.97 Å². The molecule has 17 heavy (non-hydrogen) atoms. The normalized spacial score (nSPS) is 14.3. The molecule has 0 aromatic carbocycles. The van der Waals surface area contributed by atoms with Crippen molar-refractivity contribution in [3.63, 3.8) is 0 Å². The number of fused-ring (bicyclic) bond motifs is 1. The van der Waals surface area contributed by atoms with E-state index in [4.69, 9.17) is 4.74 Å². The lowest BCUT2D eigenvalue weighted by Gasteiger charge is -2.24. The zero-order valence-electron chi connectivity index (χ0n) is 9.58. The maximum Gasteiger partial charge on any atom is 0.343 e. The molecule has 1 aromatic rings. The molecule has 0 amide bonds. The van der Waals surface area contributed by atoms with Crippen molar-refractivity contribution in [2.45, 2.75) is 20.1 Å². The van der Waals surface area contributed by atoms with Gasteiger partial charge in [-0.1, -0.05) is 0 Å². The fourth-order valence-electron chi connectivity index (χ4n) is 1.95. The fraction of sp³-hybridized carbons (Fsp3) is 0.455. The number of carbonyl (C=O) groups is 1. The molecular weight excluding hydrogens is 290 g/mol. The van der Waals surface area contributed by atoms with E-state index in [1.54, 1.807) is 0 Å². The zero-order valence-corrected chi connectivity index (χ0v) is 11.2. The van der Waals surface area contributed by atoms with Crippen LogP contribution in [-0.4, -0.2) is 24.3 Å². The van der Waals surface area contributed by atoms with Crippen LogP contribution >= 0.6 is 15.9 Å². The topological polar surface area (TPSA) is 57.5 Å². The SMILES string of the molecule is COC(=O)c1c2n(c(C)c(Br)c1=O)CCOC2. The Hall–Kier alpha value is -1.14. The van der Waals surface area contributed by atoms with E-state index in [0.717, 1.165) is 5.69 Å². The maximum absolute atomic E-state index is 12.0. The van der Waals surface area contributed by atoms with E-state index >= 15 is 0 Å². The standard InChI is InChI=1S/C11H12BrNO4/c1-6-9(12)10(14)8(11(15)16-2)7-5-17-4-3-13(6)7/h3-5H2,1-2H3. The number of nitrogens with zero attached hydrogens (tertiary/aromatic N) is 1. The number of ether oxygens (including phenoxy) is 2. The molecule has 0 radical (unpaired) electrons. The molecule has 0 saturated carbocycles. The molecule has 0 aliphatic carbocycles. The van der Waals surface area contributed by atoms with Crippen LogP contribution in [0.2, 0.25) is 0 Å². The van der Waals surface area contributed by atoms with Gasteiger partial charge in [-0.25, -0.2) is 4.79 Å². The molecule has 6 heteroatoms. The van der Waals surface area contributed by atoms with Crippen LogP contribution in [0.1, 0.15) is 21.7 Å². The van der Waals surface area contributed by atoms with Crippen molar-refractivity contribution in [1.82, 2.24) is 4.57 Å². The van der Waals surface area contributed by atoms with Crippen molar-refractivity contribution in [2.24, 2.45) is 0 Å². The Bertz CT molecular complexity index is 535. The summed E-state index contributed by atoms with van der Waals surface area (Å²) in [5, 5.41) is 0. The number of halogens is 1. The van der Waals surface area contributed by atoms with Gasteiger partial charge < -0.3 is 14.0 Å². The number of pyridine rings is 1. The minimum absolute atomic E-state index is 0.0599. The van der Waals surface area contributed by atoms with E-state index in [1.807, 2.05) is 11.5 Å². The van der Waals surface area contributed by atoms with Crippen molar-refractivity contribution in [1.29, 1.82) is 0 Å². The number of hydrogen-bond donors (Lipinski definition) is 0. The average molecular weight is 302 g/mol. The molecule has 2 heterocycles. The molecule has 1 aromatic heterocycles. The number of methoxy groups -OCH3 is 1. The largest absolute Gasteiger partial charge is 0.465 e. The Kier molecular flexibility index (Phi) is 3.35. The van der Waals surface area contributed by atoms with Gasteiger partial charge in [0.15, 0.2) is 0 Å². The second kappa shape index (κ2) is 4.62. The van der Waals surface area contributed by atoms with E-state index in [1.165, 1.54) is 7.11 Å². The van der Waals surface area contributed by atoms with E-state index in [2.05, 4.69) is 20.7 Å². The van der Waals surface area contributed by atoms with Crippen LogP contribution < -0.4 is 5.43 Å². The van der Waals surface area contributed by atoms with Gasteiger partial charge in [-0.15, -0.1) is 0 Å². The van der Waals surface area contributed by atoms with Crippen LogP contribution in [0.25, 0.3) is 0 Å². The van der Waals surface area contributed by atoms with Crippen LogP contribution in [-0.2, 0) is 22.6 Å². The van der Waals surface area contributed by atoms with E-state index in [9.17, 15) is 9.59 Å². The predicted molar refractivity (Wildman–Crippen MR) is 64.1 cm³/mol. The predicted octanol–water partition coefficient (Wildman–Crippen LogP) is 1.24. The van der Waals surface area contributed by atoms with Gasteiger partial charge in [0.1, 0.15) is 5.56 Å². The summed E-state index contributed by atoms with van der Waals surface area (Å²) < 4.78 is 12.3. The monoisotopic (exact) mass is 301 g/mol. The first-order valence-electron chi connectivity index (χ1n) is 5.15. The summed E-state index contributed by atoms with van der Waals surface area (Å²) in [6.07, 6.45) is 0. The van der Waals surface area contributed by atoms with Crippen LogP contribution in [0.4, 0.5) is 0 Å². The number of hydrogen-bond acceptors (Lipinski definition) is 4. The Morgan fingerprint density at radius 1 is 1.53 bits per heavy atom. The quantitative estimate of drug-likeness (QED) is 0.732. The van der Waals surface area contributed by atoms with Crippen molar-refractivity contribution in [3.05, 3.63) is 31.6 Å².